The van der Waals surface area contributed by atoms with Crippen molar-refractivity contribution in [3.63, 3.8) is 0 Å². The molecule has 0 atom stereocenters. The van der Waals surface area contributed by atoms with E-state index in [9.17, 15) is 14.0 Å². The summed E-state index contributed by atoms with van der Waals surface area (Å²) in [5, 5.41) is 0. The minimum Gasteiger partial charge on any atom is -0.347 e. The number of hydrogen-bond donors (Lipinski definition) is 2. The first-order valence-corrected chi connectivity index (χ1v) is 6.51. The lowest BCUT2D eigenvalue weighted by molar-refractivity contribution is -0.121. The predicted molar refractivity (Wildman–Crippen MR) is 75.7 cm³/mol. The molecule has 0 aliphatic carbocycles. The van der Waals surface area contributed by atoms with E-state index in [1.165, 1.54) is 12.1 Å². The van der Waals surface area contributed by atoms with E-state index in [4.69, 9.17) is 0 Å². The number of aryl methyl sites for hydroxylation is 2. The molecule has 0 saturated heterocycles. The van der Waals surface area contributed by atoms with Gasteiger partial charge in [-0.1, -0.05) is 12.1 Å². The van der Waals surface area contributed by atoms with Crippen LogP contribution in [0.5, 0.6) is 0 Å². The predicted octanol–water partition coefficient (Wildman–Crippen LogP) is 1.56. The molecular formula is C15H16FN3O2. The number of carbonyl (C=O) groups is 2. The largest absolute Gasteiger partial charge is 0.347 e. The summed E-state index contributed by atoms with van der Waals surface area (Å²) in [6.45, 7) is 0. The van der Waals surface area contributed by atoms with Crippen molar-refractivity contribution in [2.24, 2.45) is 7.05 Å². The van der Waals surface area contributed by atoms with Gasteiger partial charge in [0.2, 0.25) is 5.91 Å². The number of nitrogens with zero attached hydrogens (tertiary/aromatic N) is 1. The molecule has 2 N–H and O–H groups in total. The third-order valence-corrected chi connectivity index (χ3v) is 3.02. The van der Waals surface area contributed by atoms with Gasteiger partial charge in [0.1, 0.15) is 11.5 Å². The van der Waals surface area contributed by atoms with Crippen molar-refractivity contribution >= 4 is 11.8 Å². The van der Waals surface area contributed by atoms with Crippen LogP contribution in [0.2, 0.25) is 0 Å². The highest BCUT2D eigenvalue weighted by Crippen LogP contribution is 2.06. The third kappa shape index (κ3) is 4.17. The van der Waals surface area contributed by atoms with Crippen LogP contribution in [0.15, 0.2) is 42.6 Å². The molecule has 2 rings (SSSR count). The number of carbonyl (C=O) groups excluding carboxylic acids is 2. The van der Waals surface area contributed by atoms with Crippen molar-refractivity contribution in [2.45, 2.75) is 12.8 Å². The number of hydrogen-bond acceptors (Lipinski definition) is 2. The van der Waals surface area contributed by atoms with E-state index >= 15 is 0 Å². The van der Waals surface area contributed by atoms with Crippen LogP contribution in [0, 0.1) is 5.82 Å². The second-order valence-corrected chi connectivity index (χ2v) is 4.64. The maximum absolute atomic E-state index is 13.0. The van der Waals surface area contributed by atoms with Gasteiger partial charge in [-0.25, -0.2) is 4.39 Å². The number of halogens is 1. The van der Waals surface area contributed by atoms with Crippen LogP contribution in [0.1, 0.15) is 22.5 Å². The van der Waals surface area contributed by atoms with Gasteiger partial charge >= 0.3 is 0 Å². The lowest BCUT2D eigenvalue weighted by Gasteiger charge is -2.08. The third-order valence-electron chi connectivity index (χ3n) is 3.02. The molecule has 6 heteroatoms. The second kappa shape index (κ2) is 6.69. The van der Waals surface area contributed by atoms with Gasteiger partial charge < -0.3 is 4.57 Å². The van der Waals surface area contributed by atoms with Crippen LogP contribution in [0.4, 0.5) is 4.39 Å². The molecule has 110 valence electrons. The van der Waals surface area contributed by atoms with Gasteiger partial charge in [0, 0.05) is 19.7 Å². The zero-order chi connectivity index (χ0) is 15.2. The van der Waals surface area contributed by atoms with Crippen LogP contribution in [0.3, 0.4) is 0 Å². The lowest BCUT2D eigenvalue weighted by Crippen LogP contribution is -2.42. The molecule has 5 nitrogen and oxygen atoms in total. The normalized spacial score (nSPS) is 10.2. The number of amides is 2. The molecule has 0 aliphatic rings. The van der Waals surface area contributed by atoms with Crippen molar-refractivity contribution in [3.05, 3.63) is 59.7 Å². The topological polar surface area (TPSA) is 63.1 Å². The highest BCUT2D eigenvalue weighted by Gasteiger charge is 2.09. The molecule has 0 unspecified atom stereocenters. The minimum absolute atomic E-state index is 0.164. The van der Waals surface area contributed by atoms with Crippen molar-refractivity contribution in [2.75, 3.05) is 0 Å². The first-order chi connectivity index (χ1) is 10.1. The van der Waals surface area contributed by atoms with E-state index < -0.39 is 0 Å². The van der Waals surface area contributed by atoms with Crippen LogP contribution in [-0.2, 0) is 18.3 Å². The standard InChI is InChI=1S/C15H16FN3O2/c1-19-9-3-6-13(19)15(21)18-17-14(20)8-7-11-4-2-5-12(16)10-11/h2-6,9-10H,7-8H2,1H3,(H,17,20)(H,18,21). The summed E-state index contributed by atoms with van der Waals surface area (Å²) in [4.78, 5) is 23.4. The molecule has 0 aliphatic heterocycles. The smallest absolute Gasteiger partial charge is 0.286 e. The Kier molecular flexibility index (Phi) is 4.71. The molecule has 21 heavy (non-hydrogen) atoms. The molecule has 1 aromatic heterocycles. The van der Waals surface area contributed by atoms with Crippen LogP contribution in [-0.4, -0.2) is 16.4 Å². The highest BCUT2D eigenvalue weighted by atomic mass is 19.1. The fourth-order valence-electron chi connectivity index (χ4n) is 1.90. The average molecular weight is 289 g/mol. The monoisotopic (exact) mass is 289 g/mol. The summed E-state index contributed by atoms with van der Waals surface area (Å²) < 4.78 is 14.6. The number of rotatable bonds is 4. The van der Waals surface area contributed by atoms with Crippen molar-refractivity contribution in [1.82, 2.24) is 15.4 Å². The maximum atomic E-state index is 13.0. The van der Waals surface area contributed by atoms with E-state index in [1.807, 2.05) is 0 Å². The average Bonchev–Trinajstić information content (AvgIpc) is 2.89. The van der Waals surface area contributed by atoms with Gasteiger partial charge in [-0.2, -0.15) is 0 Å². The van der Waals surface area contributed by atoms with Crippen LogP contribution < -0.4 is 10.9 Å². The summed E-state index contributed by atoms with van der Waals surface area (Å²) >= 11 is 0. The summed E-state index contributed by atoms with van der Waals surface area (Å²) in [6, 6.07) is 9.47. The molecule has 2 aromatic rings. The Hall–Kier alpha value is -2.63. The van der Waals surface area contributed by atoms with Gasteiger partial charge in [0.05, 0.1) is 0 Å². The van der Waals surface area contributed by atoms with E-state index in [1.54, 1.807) is 42.1 Å². The van der Waals surface area contributed by atoms with E-state index in [0.29, 0.717) is 12.1 Å². The Bertz CT molecular complexity index is 652. The Morgan fingerprint density at radius 1 is 1.19 bits per heavy atom. The van der Waals surface area contributed by atoms with Crippen LogP contribution in [0.25, 0.3) is 0 Å². The number of aromatic nitrogens is 1. The van der Waals surface area contributed by atoms with Gasteiger partial charge in [-0.05, 0) is 36.2 Å². The fourth-order valence-corrected chi connectivity index (χ4v) is 1.90. The summed E-state index contributed by atoms with van der Waals surface area (Å²) in [6.07, 6.45) is 2.31. The van der Waals surface area contributed by atoms with Gasteiger partial charge in [0.25, 0.3) is 5.91 Å². The molecule has 0 fully saturated rings. The first-order valence-electron chi connectivity index (χ1n) is 6.51. The summed E-state index contributed by atoms with van der Waals surface area (Å²) in [5.74, 6) is -1.05. The molecule has 2 amide bonds. The second-order valence-electron chi connectivity index (χ2n) is 4.64. The molecule has 0 radical (unpaired) electrons. The number of benzene rings is 1. The van der Waals surface area contributed by atoms with E-state index in [0.717, 1.165) is 5.56 Å². The Morgan fingerprint density at radius 3 is 2.67 bits per heavy atom. The maximum Gasteiger partial charge on any atom is 0.286 e. The molecule has 0 spiro atoms. The quantitative estimate of drug-likeness (QED) is 0.839. The van der Waals surface area contributed by atoms with Gasteiger partial charge in [-0.15, -0.1) is 0 Å². The number of hydrazine groups is 1. The minimum atomic E-state index is -0.387. The van der Waals surface area contributed by atoms with E-state index in [-0.39, 0.29) is 24.1 Å². The summed E-state index contributed by atoms with van der Waals surface area (Å²) in [7, 11) is 1.74. The zero-order valence-electron chi connectivity index (χ0n) is 11.6. The van der Waals surface area contributed by atoms with Gasteiger partial charge in [0.15, 0.2) is 0 Å². The molecule has 1 aromatic carbocycles. The molecule has 1 heterocycles. The van der Waals surface area contributed by atoms with Crippen molar-refractivity contribution < 1.29 is 14.0 Å². The fraction of sp³-hybridized carbons (Fsp3) is 0.200. The number of nitrogens with one attached hydrogen (secondary N) is 2. The van der Waals surface area contributed by atoms with Crippen molar-refractivity contribution in [1.29, 1.82) is 0 Å². The Balaban J connectivity index is 1.78. The van der Waals surface area contributed by atoms with Gasteiger partial charge in [-0.3, -0.25) is 20.4 Å². The summed E-state index contributed by atoms with van der Waals surface area (Å²) in [5.41, 5.74) is 5.86. The SMILES string of the molecule is Cn1cccc1C(=O)NNC(=O)CCc1cccc(F)c1. The first kappa shape index (κ1) is 14.8. The molecule has 0 saturated carbocycles. The van der Waals surface area contributed by atoms with Crippen molar-refractivity contribution in [3.8, 4) is 0 Å². The Morgan fingerprint density at radius 2 is 2.00 bits per heavy atom. The molecule has 0 bridgehead atoms. The lowest BCUT2D eigenvalue weighted by atomic mass is 10.1. The Labute approximate surface area is 121 Å². The molecular weight excluding hydrogens is 273 g/mol. The zero-order valence-corrected chi connectivity index (χ0v) is 11.6. The highest BCUT2D eigenvalue weighted by molar-refractivity contribution is 5.94. The van der Waals surface area contributed by atoms with Crippen LogP contribution >= 0.6 is 0 Å². The van der Waals surface area contributed by atoms with E-state index in [2.05, 4.69) is 10.9 Å².